The topological polar surface area (TPSA) is 55.1 Å². The summed E-state index contributed by atoms with van der Waals surface area (Å²) >= 11 is 0. The first-order chi connectivity index (χ1) is 9.63. The van der Waals surface area contributed by atoms with Crippen LogP contribution < -0.4 is 11.1 Å². The number of rotatable bonds is 3. The van der Waals surface area contributed by atoms with Crippen LogP contribution in [0.3, 0.4) is 0 Å². The maximum absolute atomic E-state index is 12.8. The molecule has 0 unspecified atom stereocenters. The Hall–Kier alpha value is -0.570. The summed E-state index contributed by atoms with van der Waals surface area (Å²) in [7, 11) is 0. The lowest BCUT2D eigenvalue weighted by Gasteiger charge is -2.55. The van der Waals surface area contributed by atoms with E-state index in [0.717, 1.165) is 37.1 Å². The van der Waals surface area contributed by atoms with E-state index >= 15 is 0 Å². The second-order valence-corrected chi connectivity index (χ2v) is 8.35. The lowest BCUT2D eigenvalue weighted by atomic mass is 9.49. The highest BCUT2D eigenvalue weighted by molar-refractivity contribution is 5.83. The molecule has 5 rings (SSSR count). The molecule has 1 amide bonds. The molecule has 2 atom stereocenters. The fourth-order valence-electron chi connectivity index (χ4n) is 6.11. The first kappa shape index (κ1) is 13.1. The second kappa shape index (κ2) is 4.72. The molecule has 5 saturated carbocycles. The van der Waals surface area contributed by atoms with Gasteiger partial charge in [0, 0.05) is 18.0 Å². The van der Waals surface area contributed by atoms with Gasteiger partial charge >= 0.3 is 0 Å². The standard InChI is InChI=1S/C17H28N2O/c18-15-2-1-11(6-15)10-19-16(20)17-7-12-3-13(8-17)5-14(4-12)9-17/h11-15H,1-10,18H2,(H,19,20)/t11-,12?,13?,14?,15+,17?/m0/s1. The van der Waals surface area contributed by atoms with Gasteiger partial charge in [-0.05, 0) is 81.5 Å². The number of carbonyl (C=O) groups excluding carboxylic acids is 1. The summed E-state index contributed by atoms with van der Waals surface area (Å²) in [5.41, 5.74) is 5.99. The Morgan fingerprint density at radius 3 is 2.10 bits per heavy atom. The monoisotopic (exact) mass is 276 g/mol. The fourth-order valence-corrected chi connectivity index (χ4v) is 6.11. The molecule has 0 aromatic rings. The molecule has 0 saturated heterocycles. The van der Waals surface area contributed by atoms with E-state index < -0.39 is 0 Å². The molecular weight excluding hydrogens is 248 g/mol. The third-order valence-corrected chi connectivity index (χ3v) is 6.65. The largest absolute Gasteiger partial charge is 0.355 e. The molecule has 5 aliphatic carbocycles. The minimum Gasteiger partial charge on any atom is -0.355 e. The molecular formula is C17H28N2O. The first-order valence-electron chi connectivity index (χ1n) is 8.67. The molecule has 0 radical (unpaired) electrons. The summed E-state index contributed by atoms with van der Waals surface area (Å²) < 4.78 is 0. The van der Waals surface area contributed by atoms with Crippen LogP contribution in [0.1, 0.15) is 57.8 Å². The summed E-state index contributed by atoms with van der Waals surface area (Å²) in [6.45, 7) is 0.869. The van der Waals surface area contributed by atoms with Gasteiger partial charge in [-0.25, -0.2) is 0 Å². The first-order valence-corrected chi connectivity index (χ1v) is 8.67. The zero-order valence-electron chi connectivity index (χ0n) is 12.4. The van der Waals surface area contributed by atoms with Gasteiger partial charge in [-0.15, -0.1) is 0 Å². The Kier molecular flexibility index (Phi) is 3.10. The van der Waals surface area contributed by atoms with Crippen molar-refractivity contribution in [2.75, 3.05) is 6.54 Å². The van der Waals surface area contributed by atoms with Crippen molar-refractivity contribution in [1.29, 1.82) is 0 Å². The highest BCUT2D eigenvalue weighted by Crippen LogP contribution is 2.60. The average Bonchev–Trinajstić information content (AvgIpc) is 2.80. The van der Waals surface area contributed by atoms with Crippen LogP contribution in [0, 0.1) is 29.1 Å². The average molecular weight is 276 g/mol. The van der Waals surface area contributed by atoms with Crippen molar-refractivity contribution < 1.29 is 4.79 Å². The SMILES string of the molecule is N[C@@H]1CC[C@H](CNC(=O)C23CC4CC(CC(C4)C2)C3)C1. The molecule has 20 heavy (non-hydrogen) atoms. The zero-order valence-corrected chi connectivity index (χ0v) is 12.4. The molecule has 112 valence electrons. The number of amides is 1. The van der Waals surface area contributed by atoms with Gasteiger partial charge < -0.3 is 11.1 Å². The summed E-state index contributed by atoms with van der Waals surface area (Å²) in [5, 5.41) is 3.31. The number of carbonyl (C=O) groups is 1. The maximum atomic E-state index is 12.8. The van der Waals surface area contributed by atoms with Crippen LogP contribution in [0.4, 0.5) is 0 Å². The Morgan fingerprint density at radius 1 is 1.00 bits per heavy atom. The zero-order chi connectivity index (χ0) is 13.7. The van der Waals surface area contributed by atoms with Gasteiger partial charge in [0.2, 0.25) is 5.91 Å². The second-order valence-electron chi connectivity index (χ2n) is 8.35. The Balaban J connectivity index is 1.38. The van der Waals surface area contributed by atoms with E-state index in [1.807, 2.05) is 0 Å². The van der Waals surface area contributed by atoms with E-state index in [1.54, 1.807) is 0 Å². The van der Waals surface area contributed by atoms with Gasteiger partial charge in [0.1, 0.15) is 0 Å². The van der Waals surface area contributed by atoms with Crippen molar-refractivity contribution in [2.24, 2.45) is 34.8 Å². The number of hydrogen-bond acceptors (Lipinski definition) is 2. The molecule has 0 aliphatic heterocycles. The van der Waals surface area contributed by atoms with Crippen LogP contribution in [-0.4, -0.2) is 18.5 Å². The molecule has 0 heterocycles. The number of nitrogens with two attached hydrogens (primary N) is 1. The minimum absolute atomic E-state index is 0.0233. The Morgan fingerprint density at radius 2 is 1.60 bits per heavy atom. The van der Waals surface area contributed by atoms with E-state index in [-0.39, 0.29) is 5.41 Å². The van der Waals surface area contributed by atoms with Crippen LogP contribution in [0.25, 0.3) is 0 Å². The van der Waals surface area contributed by atoms with Gasteiger partial charge in [0.15, 0.2) is 0 Å². The third kappa shape index (κ3) is 2.18. The quantitative estimate of drug-likeness (QED) is 0.832. The molecule has 0 aromatic heterocycles. The fraction of sp³-hybridized carbons (Fsp3) is 0.941. The van der Waals surface area contributed by atoms with Gasteiger partial charge in [-0.3, -0.25) is 4.79 Å². The highest BCUT2D eigenvalue weighted by atomic mass is 16.2. The summed E-state index contributed by atoms with van der Waals surface area (Å²) in [4.78, 5) is 12.8. The predicted molar refractivity (Wildman–Crippen MR) is 78.9 cm³/mol. The molecule has 3 N–H and O–H groups in total. The van der Waals surface area contributed by atoms with Crippen molar-refractivity contribution in [3.05, 3.63) is 0 Å². The molecule has 3 nitrogen and oxygen atoms in total. The van der Waals surface area contributed by atoms with Gasteiger partial charge in [0.05, 0.1) is 0 Å². The van der Waals surface area contributed by atoms with Crippen LogP contribution in [-0.2, 0) is 4.79 Å². The van der Waals surface area contributed by atoms with E-state index in [9.17, 15) is 4.79 Å². The van der Waals surface area contributed by atoms with Crippen molar-refractivity contribution >= 4 is 5.91 Å². The molecule has 4 bridgehead atoms. The molecule has 5 aliphatic rings. The van der Waals surface area contributed by atoms with Crippen LogP contribution >= 0.6 is 0 Å². The summed E-state index contributed by atoms with van der Waals surface area (Å²) in [6.07, 6.45) is 11.2. The summed E-state index contributed by atoms with van der Waals surface area (Å²) in [5.74, 6) is 3.57. The van der Waals surface area contributed by atoms with Gasteiger partial charge in [0.25, 0.3) is 0 Å². The molecule has 0 aromatic carbocycles. The van der Waals surface area contributed by atoms with Gasteiger partial charge in [-0.2, -0.15) is 0 Å². The smallest absolute Gasteiger partial charge is 0.226 e. The van der Waals surface area contributed by atoms with E-state index in [2.05, 4.69) is 5.32 Å². The van der Waals surface area contributed by atoms with Crippen molar-refractivity contribution in [1.82, 2.24) is 5.32 Å². The highest BCUT2D eigenvalue weighted by Gasteiger charge is 2.54. The van der Waals surface area contributed by atoms with Crippen LogP contribution in [0.5, 0.6) is 0 Å². The van der Waals surface area contributed by atoms with E-state index in [0.29, 0.717) is 17.9 Å². The number of nitrogens with one attached hydrogen (secondary N) is 1. The summed E-state index contributed by atoms with van der Waals surface area (Å²) in [6, 6.07) is 0.372. The van der Waals surface area contributed by atoms with Crippen molar-refractivity contribution in [3.63, 3.8) is 0 Å². The van der Waals surface area contributed by atoms with E-state index in [4.69, 9.17) is 5.73 Å². The Bertz CT molecular complexity index is 371. The molecule has 0 spiro atoms. The lowest BCUT2D eigenvalue weighted by molar-refractivity contribution is -0.146. The predicted octanol–water partition coefficient (Wildman–Crippen LogP) is 2.45. The number of hydrogen-bond donors (Lipinski definition) is 2. The van der Waals surface area contributed by atoms with Crippen molar-refractivity contribution in [3.8, 4) is 0 Å². The molecule has 3 heteroatoms. The Labute approximate surface area is 122 Å². The lowest BCUT2D eigenvalue weighted by Crippen LogP contribution is -2.54. The van der Waals surface area contributed by atoms with Crippen molar-refractivity contribution in [2.45, 2.75) is 63.8 Å². The molecule has 5 fully saturated rings. The normalized spacial score (nSPS) is 49.5. The van der Waals surface area contributed by atoms with Crippen LogP contribution in [0.15, 0.2) is 0 Å². The third-order valence-electron chi connectivity index (χ3n) is 6.65. The maximum Gasteiger partial charge on any atom is 0.226 e. The minimum atomic E-state index is 0.0233. The van der Waals surface area contributed by atoms with Crippen LogP contribution in [0.2, 0.25) is 0 Å². The van der Waals surface area contributed by atoms with E-state index in [1.165, 1.54) is 44.9 Å². The van der Waals surface area contributed by atoms with Gasteiger partial charge in [-0.1, -0.05) is 0 Å².